The van der Waals surface area contributed by atoms with Crippen LogP contribution in [0.2, 0.25) is 0 Å². The second-order valence-electron chi connectivity index (χ2n) is 2.96. The van der Waals surface area contributed by atoms with Gasteiger partial charge in [-0.25, -0.2) is 9.78 Å². The van der Waals surface area contributed by atoms with E-state index in [1.165, 1.54) is 11.3 Å². The molecule has 0 amide bonds. The Kier molecular flexibility index (Phi) is 2.79. The number of rotatable bonds is 2. The molecular weight excluding hydrogens is 280 g/mol. The number of esters is 1. The molecule has 2 aromatic heterocycles. The normalized spacial score (nSPS) is 10.9. The van der Waals surface area contributed by atoms with E-state index in [0.717, 1.165) is 14.3 Å². The van der Waals surface area contributed by atoms with Gasteiger partial charge in [-0.1, -0.05) is 0 Å². The summed E-state index contributed by atoms with van der Waals surface area (Å²) in [6.45, 7) is 2.17. The van der Waals surface area contributed by atoms with Crippen LogP contribution < -0.4 is 0 Å². The first-order valence-corrected chi connectivity index (χ1v) is 6.03. The Labute approximate surface area is 99.0 Å². The molecule has 2 heterocycles. The van der Waals surface area contributed by atoms with Crippen LogP contribution in [-0.2, 0) is 11.8 Å². The van der Waals surface area contributed by atoms with Gasteiger partial charge in [-0.05, 0) is 28.9 Å². The van der Waals surface area contributed by atoms with Gasteiger partial charge >= 0.3 is 5.97 Å². The number of ether oxygens (including phenoxy) is 1. The molecule has 6 heteroatoms. The quantitative estimate of drug-likeness (QED) is 0.798. The summed E-state index contributed by atoms with van der Waals surface area (Å²) in [5.74, 6) is -0.304. The van der Waals surface area contributed by atoms with Gasteiger partial charge in [0.15, 0.2) is 9.56 Å². The maximum Gasteiger partial charge on any atom is 0.355 e. The number of carbonyl (C=O) groups is 1. The molecule has 0 saturated carbocycles. The van der Waals surface area contributed by atoms with Gasteiger partial charge in [0.2, 0.25) is 0 Å². The molecule has 0 radical (unpaired) electrons. The fourth-order valence-electron chi connectivity index (χ4n) is 1.37. The van der Waals surface area contributed by atoms with Crippen molar-refractivity contribution in [3.63, 3.8) is 0 Å². The van der Waals surface area contributed by atoms with Crippen LogP contribution in [-0.4, -0.2) is 22.1 Å². The Morgan fingerprint density at radius 3 is 3.07 bits per heavy atom. The van der Waals surface area contributed by atoms with Gasteiger partial charge in [-0.3, -0.25) is 0 Å². The fraction of sp³-hybridized carbons (Fsp3) is 0.333. The minimum absolute atomic E-state index is 0.304. The number of nitrogens with zero attached hydrogens (tertiary/aromatic N) is 2. The zero-order valence-corrected chi connectivity index (χ0v) is 10.7. The molecule has 15 heavy (non-hydrogen) atoms. The van der Waals surface area contributed by atoms with E-state index in [4.69, 9.17) is 4.74 Å². The summed E-state index contributed by atoms with van der Waals surface area (Å²) in [5, 5.41) is 0. The molecule has 0 aliphatic rings. The zero-order chi connectivity index (χ0) is 11.0. The second-order valence-corrected chi connectivity index (χ2v) is 5.27. The van der Waals surface area contributed by atoms with Crippen LogP contribution in [0.4, 0.5) is 0 Å². The van der Waals surface area contributed by atoms with Crippen LogP contribution in [0.15, 0.2) is 9.98 Å². The molecule has 2 aromatic rings. The number of hydrogen-bond acceptors (Lipinski definition) is 4. The van der Waals surface area contributed by atoms with Crippen LogP contribution in [0, 0.1) is 0 Å². The van der Waals surface area contributed by atoms with Gasteiger partial charge in [0.25, 0.3) is 0 Å². The van der Waals surface area contributed by atoms with E-state index in [-0.39, 0.29) is 5.97 Å². The molecule has 0 aliphatic carbocycles. The molecule has 0 saturated heterocycles. The van der Waals surface area contributed by atoms with Crippen molar-refractivity contribution in [3.05, 3.63) is 15.7 Å². The van der Waals surface area contributed by atoms with Crippen LogP contribution >= 0.6 is 27.3 Å². The summed E-state index contributed by atoms with van der Waals surface area (Å²) >= 11 is 4.81. The Bertz CT molecular complexity index is 517. The third kappa shape index (κ3) is 1.79. The monoisotopic (exact) mass is 288 g/mol. The van der Waals surface area contributed by atoms with Crippen LogP contribution in [0.5, 0.6) is 0 Å². The van der Waals surface area contributed by atoms with Gasteiger partial charge in [0.1, 0.15) is 5.69 Å². The number of fused-ring (bicyclic) bond motifs is 1. The first kappa shape index (κ1) is 10.6. The highest BCUT2D eigenvalue weighted by molar-refractivity contribution is 9.11. The van der Waals surface area contributed by atoms with Crippen molar-refractivity contribution in [1.29, 1.82) is 0 Å². The number of halogens is 1. The van der Waals surface area contributed by atoms with E-state index < -0.39 is 0 Å². The van der Waals surface area contributed by atoms with E-state index >= 15 is 0 Å². The van der Waals surface area contributed by atoms with E-state index in [1.807, 2.05) is 0 Å². The van der Waals surface area contributed by atoms with Gasteiger partial charge in [0.05, 0.1) is 11.3 Å². The molecule has 0 N–H and O–H groups in total. The highest BCUT2D eigenvalue weighted by Crippen LogP contribution is 2.28. The number of thiazole rings is 1. The van der Waals surface area contributed by atoms with Crippen molar-refractivity contribution in [2.75, 3.05) is 6.61 Å². The number of hydrogen-bond donors (Lipinski definition) is 0. The van der Waals surface area contributed by atoms with E-state index in [9.17, 15) is 4.79 Å². The van der Waals surface area contributed by atoms with E-state index in [1.54, 1.807) is 24.6 Å². The molecule has 0 unspecified atom stereocenters. The Balaban J connectivity index is 2.49. The molecule has 0 aliphatic heterocycles. The Morgan fingerprint density at radius 2 is 2.47 bits per heavy atom. The van der Waals surface area contributed by atoms with Crippen LogP contribution in [0.25, 0.3) is 10.3 Å². The molecule has 2 rings (SSSR count). The second kappa shape index (κ2) is 3.94. The predicted molar refractivity (Wildman–Crippen MR) is 62.2 cm³/mol. The number of carbonyl (C=O) groups excluding carboxylic acids is 1. The SMILES string of the molecule is CCOC(=O)c1cc2sc(Br)nc2n1C. The van der Waals surface area contributed by atoms with Gasteiger partial charge in [-0.15, -0.1) is 11.3 Å². The lowest BCUT2D eigenvalue weighted by atomic mass is 10.4. The van der Waals surface area contributed by atoms with Crippen LogP contribution in [0.3, 0.4) is 0 Å². The molecule has 0 aromatic carbocycles. The van der Waals surface area contributed by atoms with Gasteiger partial charge < -0.3 is 9.30 Å². The van der Waals surface area contributed by atoms with Gasteiger partial charge in [-0.2, -0.15) is 0 Å². The lowest BCUT2D eigenvalue weighted by Gasteiger charge is -2.02. The average Bonchev–Trinajstić information content (AvgIpc) is 2.66. The molecule has 4 nitrogen and oxygen atoms in total. The molecule has 0 atom stereocenters. The van der Waals surface area contributed by atoms with Crippen molar-refractivity contribution in [2.24, 2.45) is 7.05 Å². The minimum atomic E-state index is -0.304. The topological polar surface area (TPSA) is 44.1 Å². The van der Waals surface area contributed by atoms with E-state index in [0.29, 0.717) is 12.3 Å². The molecule has 0 fully saturated rings. The average molecular weight is 289 g/mol. The zero-order valence-electron chi connectivity index (χ0n) is 8.28. The fourth-order valence-corrected chi connectivity index (χ4v) is 2.82. The highest BCUT2D eigenvalue weighted by atomic mass is 79.9. The van der Waals surface area contributed by atoms with E-state index in [2.05, 4.69) is 20.9 Å². The number of aromatic nitrogens is 2. The van der Waals surface area contributed by atoms with Crippen molar-refractivity contribution in [3.8, 4) is 0 Å². The summed E-state index contributed by atoms with van der Waals surface area (Å²) in [5.41, 5.74) is 1.34. The summed E-state index contributed by atoms with van der Waals surface area (Å²) in [6, 6.07) is 1.80. The summed E-state index contributed by atoms with van der Waals surface area (Å²) < 4.78 is 8.49. The smallest absolute Gasteiger partial charge is 0.355 e. The van der Waals surface area contributed by atoms with Crippen molar-refractivity contribution >= 4 is 43.6 Å². The van der Waals surface area contributed by atoms with Crippen molar-refractivity contribution in [1.82, 2.24) is 9.55 Å². The lowest BCUT2D eigenvalue weighted by Crippen LogP contribution is -2.09. The third-order valence-electron chi connectivity index (χ3n) is 2.04. The molecule has 0 bridgehead atoms. The summed E-state index contributed by atoms with van der Waals surface area (Å²) in [7, 11) is 1.81. The first-order chi connectivity index (χ1) is 7.13. The molecular formula is C9H9BrN2O2S. The highest BCUT2D eigenvalue weighted by Gasteiger charge is 2.16. The number of aryl methyl sites for hydroxylation is 1. The minimum Gasteiger partial charge on any atom is -0.461 e. The maximum absolute atomic E-state index is 11.5. The summed E-state index contributed by atoms with van der Waals surface area (Å²) in [6.07, 6.45) is 0. The van der Waals surface area contributed by atoms with Crippen LogP contribution in [0.1, 0.15) is 17.4 Å². The van der Waals surface area contributed by atoms with Gasteiger partial charge in [0, 0.05) is 7.05 Å². The standard InChI is InChI=1S/C9H9BrN2O2S/c1-3-14-8(13)5-4-6-7(12(5)2)11-9(10)15-6/h4H,3H2,1-2H3. The van der Waals surface area contributed by atoms with Crippen molar-refractivity contribution in [2.45, 2.75) is 6.92 Å². The predicted octanol–water partition coefficient (Wildman–Crippen LogP) is 2.57. The molecule has 0 spiro atoms. The summed E-state index contributed by atoms with van der Waals surface area (Å²) in [4.78, 5) is 15.8. The largest absolute Gasteiger partial charge is 0.461 e. The Morgan fingerprint density at radius 1 is 1.73 bits per heavy atom. The third-order valence-corrected chi connectivity index (χ3v) is 3.48. The first-order valence-electron chi connectivity index (χ1n) is 4.42. The molecule has 80 valence electrons. The lowest BCUT2D eigenvalue weighted by molar-refractivity contribution is 0.0516. The Hall–Kier alpha value is -0.880. The maximum atomic E-state index is 11.5. The van der Waals surface area contributed by atoms with Crippen molar-refractivity contribution < 1.29 is 9.53 Å².